The molecule has 1 aromatic rings. The predicted octanol–water partition coefficient (Wildman–Crippen LogP) is 2.45. The van der Waals surface area contributed by atoms with Gasteiger partial charge in [0.15, 0.2) is 0 Å². The van der Waals surface area contributed by atoms with Crippen LogP contribution in [0.25, 0.3) is 0 Å². The molecule has 1 heterocycles. The third-order valence-corrected chi connectivity index (χ3v) is 5.05. The summed E-state index contributed by atoms with van der Waals surface area (Å²) in [7, 11) is 0. The van der Waals surface area contributed by atoms with E-state index in [2.05, 4.69) is 22.0 Å². The molecule has 1 aromatic carbocycles. The molecule has 3 rings (SSSR count). The third-order valence-electron chi connectivity index (χ3n) is 4.11. The lowest BCUT2D eigenvalue weighted by Crippen LogP contribution is -2.38. The van der Waals surface area contributed by atoms with E-state index in [1.165, 1.54) is 35.7 Å². The van der Waals surface area contributed by atoms with Crippen LogP contribution in [0.1, 0.15) is 23.6 Å². The fourth-order valence-electron chi connectivity index (χ4n) is 3.02. The number of hydrogen-bond donors (Lipinski definition) is 1. The van der Waals surface area contributed by atoms with Crippen LogP contribution >= 0.6 is 11.8 Å². The Morgan fingerprint density at radius 1 is 1.32 bits per heavy atom. The Morgan fingerprint density at radius 3 is 3.00 bits per heavy atom. The quantitative estimate of drug-likeness (QED) is 0.912. The Labute approximate surface area is 118 Å². The first kappa shape index (κ1) is 13.4. The van der Waals surface area contributed by atoms with Gasteiger partial charge in [0.25, 0.3) is 0 Å². The van der Waals surface area contributed by atoms with E-state index >= 15 is 0 Å². The van der Waals surface area contributed by atoms with E-state index < -0.39 is 0 Å². The monoisotopic (exact) mass is 280 g/mol. The van der Waals surface area contributed by atoms with Gasteiger partial charge in [-0.05, 0) is 36.1 Å². The second kappa shape index (κ2) is 6.25. The topological polar surface area (TPSA) is 15.3 Å². The van der Waals surface area contributed by atoms with Gasteiger partial charge in [-0.2, -0.15) is 11.8 Å². The Balaban J connectivity index is 1.49. The SMILES string of the molecule is Fc1ccc2c(c1)CCC2NCCN1CCSCC1. The van der Waals surface area contributed by atoms with Crippen LogP contribution in [0.2, 0.25) is 0 Å². The maximum absolute atomic E-state index is 13.2. The number of halogens is 1. The van der Waals surface area contributed by atoms with Crippen LogP contribution in [-0.4, -0.2) is 42.6 Å². The summed E-state index contributed by atoms with van der Waals surface area (Å²) in [6, 6.07) is 5.65. The van der Waals surface area contributed by atoms with Gasteiger partial charge >= 0.3 is 0 Å². The van der Waals surface area contributed by atoms with Gasteiger partial charge in [0.05, 0.1) is 0 Å². The van der Waals surface area contributed by atoms with Crippen LogP contribution in [-0.2, 0) is 6.42 Å². The first-order valence-electron chi connectivity index (χ1n) is 7.15. The van der Waals surface area contributed by atoms with Crippen molar-refractivity contribution in [1.29, 1.82) is 0 Å². The van der Waals surface area contributed by atoms with Crippen molar-refractivity contribution in [2.45, 2.75) is 18.9 Å². The molecule has 0 radical (unpaired) electrons. The summed E-state index contributed by atoms with van der Waals surface area (Å²) >= 11 is 2.05. The number of rotatable bonds is 4. The first-order chi connectivity index (χ1) is 9.33. The van der Waals surface area contributed by atoms with Crippen LogP contribution in [0.5, 0.6) is 0 Å². The molecule has 19 heavy (non-hydrogen) atoms. The molecule has 2 aliphatic rings. The summed E-state index contributed by atoms with van der Waals surface area (Å²) in [4.78, 5) is 2.53. The minimum Gasteiger partial charge on any atom is -0.309 e. The van der Waals surface area contributed by atoms with Gasteiger partial charge in [0.2, 0.25) is 0 Å². The number of fused-ring (bicyclic) bond motifs is 1. The van der Waals surface area contributed by atoms with Crippen LogP contribution in [0.4, 0.5) is 4.39 Å². The number of benzene rings is 1. The number of nitrogens with zero attached hydrogens (tertiary/aromatic N) is 1. The fourth-order valence-corrected chi connectivity index (χ4v) is 4.00. The summed E-state index contributed by atoms with van der Waals surface area (Å²) in [5.74, 6) is 2.43. The smallest absolute Gasteiger partial charge is 0.123 e. The fraction of sp³-hybridized carbons (Fsp3) is 0.600. The average molecular weight is 280 g/mol. The zero-order chi connectivity index (χ0) is 13.1. The van der Waals surface area contributed by atoms with E-state index in [4.69, 9.17) is 0 Å². The summed E-state index contributed by atoms with van der Waals surface area (Å²) in [6.45, 7) is 4.61. The van der Waals surface area contributed by atoms with Gasteiger partial charge in [-0.25, -0.2) is 4.39 Å². The highest BCUT2D eigenvalue weighted by molar-refractivity contribution is 7.99. The van der Waals surface area contributed by atoms with Crippen molar-refractivity contribution in [2.24, 2.45) is 0 Å². The van der Waals surface area contributed by atoms with Gasteiger partial charge in [-0.3, -0.25) is 0 Å². The van der Waals surface area contributed by atoms with Crippen molar-refractivity contribution in [3.8, 4) is 0 Å². The third kappa shape index (κ3) is 3.30. The van der Waals surface area contributed by atoms with E-state index in [9.17, 15) is 4.39 Å². The van der Waals surface area contributed by atoms with Gasteiger partial charge < -0.3 is 10.2 Å². The first-order valence-corrected chi connectivity index (χ1v) is 8.30. The molecule has 1 N–H and O–H groups in total. The largest absolute Gasteiger partial charge is 0.309 e. The molecule has 4 heteroatoms. The average Bonchev–Trinajstić information content (AvgIpc) is 2.82. The Bertz CT molecular complexity index is 432. The predicted molar refractivity (Wildman–Crippen MR) is 79.2 cm³/mol. The molecule has 1 aliphatic heterocycles. The molecular formula is C15H21FN2S. The van der Waals surface area contributed by atoms with E-state index in [0.29, 0.717) is 6.04 Å². The van der Waals surface area contributed by atoms with Crippen molar-refractivity contribution in [3.63, 3.8) is 0 Å². The second-order valence-electron chi connectivity index (χ2n) is 5.34. The normalized spacial score (nSPS) is 23.5. The van der Waals surface area contributed by atoms with Crippen molar-refractivity contribution < 1.29 is 4.39 Å². The number of aryl methyl sites for hydroxylation is 1. The second-order valence-corrected chi connectivity index (χ2v) is 6.57. The summed E-state index contributed by atoms with van der Waals surface area (Å²) in [5, 5.41) is 3.63. The van der Waals surface area contributed by atoms with E-state index in [1.807, 2.05) is 6.07 Å². The van der Waals surface area contributed by atoms with Crippen molar-refractivity contribution in [2.75, 3.05) is 37.7 Å². The molecule has 1 fully saturated rings. The van der Waals surface area contributed by atoms with E-state index in [0.717, 1.165) is 25.9 Å². The van der Waals surface area contributed by atoms with Crippen LogP contribution in [0.15, 0.2) is 18.2 Å². The lowest BCUT2D eigenvalue weighted by atomic mass is 10.1. The highest BCUT2D eigenvalue weighted by atomic mass is 32.2. The zero-order valence-electron chi connectivity index (χ0n) is 11.2. The molecule has 1 saturated heterocycles. The Hall–Kier alpha value is -0.580. The minimum atomic E-state index is -0.106. The Kier molecular flexibility index (Phi) is 4.41. The number of hydrogen-bond acceptors (Lipinski definition) is 3. The van der Waals surface area contributed by atoms with Gasteiger partial charge in [0, 0.05) is 43.7 Å². The number of nitrogens with one attached hydrogen (secondary N) is 1. The van der Waals surface area contributed by atoms with Gasteiger partial charge in [-0.1, -0.05) is 6.07 Å². The zero-order valence-corrected chi connectivity index (χ0v) is 12.0. The van der Waals surface area contributed by atoms with Crippen molar-refractivity contribution in [1.82, 2.24) is 10.2 Å². The molecule has 104 valence electrons. The lowest BCUT2D eigenvalue weighted by molar-refractivity contribution is 0.295. The van der Waals surface area contributed by atoms with Crippen LogP contribution in [0.3, 0.4) is 0 Å². The maximum atomic E-state index is 13.2. The molecule has 0 amide bonds. The number of thioether (sulfide) groups is 1. The lowest BCUT2D eigenvalue weighted by Gasteiger charge is -2.26. The summed E-state index contributed by atoms with van der Waals surface area (Å²) in [6.07, 6.45) is 2.11. The molecule has 0 aromatic heterocycles. The highest BCUT2D eigenvalue weighted by Crippen LogP contribution is 2.31. The van der Waals surface area contributed by atoms with Crippen molar-refractivity contribution >= 4 is 11.8 Å². The summed E-state index contributed by atoms with van der Waals surface area (Å²) < 4.78 is 13.2. The van der Waals surface area contributed by atoms with E-state index in [-0.39, 0.29) is 5.82 Å². The molecule has 1 aliphatic carbocycles. The molecule has 1 atom stereocenters. The molecule has 1 unspecified atom stereocenters. The highest BCUT2D eigenvalue weighted by Gasteiger charge is 2.22. The molecule has 2 nitrogen and oxygen atoms in total. The maximum Gasteiger partial charge on any atom is 0.123 e. The standard InChI is InChI=1S/C15H21FN2S/c16-13-2-3-14-12(11-13)1-4-15(14)17-5-6-18-7-9-19-10-8-18/h2-3,11,15,17H,1,4-10H2. The minimum absolute atomic E-state index is 0.106. The van der Waals surface area contributed by atoms with Crippen LogP contribution in [0, 0.1) is 5.82 Å². The molecule has 0 spiro atoms. The van der Waals surface area contributed by atoms with Crippen molar-refractivity contribution in [3.05, 3.63) is 35.1 Å². The van der Waals surface area contributed by atoms with Crippen LogP contribution < -0.4 is 5.32 Å². The molecule has 0 bridgehead atoms. The van der Waals surface area contributed by atoms with Gasteiger partial charge in [-0.15, -0.1) is 0 Å². The van der Waals surface area contributed by atoms with Gasteiger partial charge in [0.1, 0.15) is 5.82 Å². The Morgan fingerprint density at radius 2 is 2.16 bits per heavy atom. The molecule has 0 saturated carbocycles. The molecular weight excluding hydrogens is 259 g/mol. The van der Waals surface area contributed by atoms with E-state index in [1.54, 1.807) is 12.1 Å². The summed E-state index contributed by atoms with van der Waals surface area (Å²) in [5.41, 5.74) is 2.49.